The number of aliphatic hydroxyl groups is 1. The van der Waals surface area contributed by atoms with Gasteiger partial charge < -0.3 is 21.1 Å². The van der Waals surface area contributed by atoms with Crippen molar-refractivity contribution in [3.8, 4) is 0 Å². The number of hydrogen-bond donors (Lipinski definition) is 3. The normalized spacial score (nSPS) is 14.6. The summed E-state index contributed by atoms with van der Waals surface area (Å²) in [7, 11) is 3.72. The highest BCUT2D eigenvalue weighted by molar-refractivity contribution is 7.13. The van der Waals surface area contributed by atoms with Crippen molar-refractivity contribution < 1.29 is 9.90 Å². The Labute approximate surface area is 104 Å². The molecule has 1 heterocycles. The molecule has 1 aromatic rings. The molecule has 96 valence electrons. The number of rotatable bonds is 5. The molecular weight excluding hydrogens is 240 g/mol. The second kappa shape index (κ2) is 5.44. The largest absolute Gasteiger partial charge is 0.387 e. The number of anilines is 1. The zero-order chi connectivity index (χ0) is 13.1. The number of carbonyl (C=O) groups is 1. The molecule has 1 amide bonds. The molecule has 1 rings (SSSR count). The number of likely N-dealkylation sites (N-methyl/N-ethyl adjacent to an activating group) is 1. The van der Waals surface area contributed by atoms with Crippen LogP contribution in [-0.4, -0.2) is 53.7 Å². The van der Waals surface area contributed by atoms with Gasteiger partial charge in [0.05, 0.1) is 5.60 Å². The lowest BCUT2D eigenvalue weighted by Crippen LogP contribution is -2.47. The van der Waals surface area contributed by atoms with Crippen LogP contribution in [0.4, 0.5) is 5.13 Å². The van der Waals surface area contributed by atoms with Gasteiger partial charge in [0, 0.05) is 18.5 Å². The van der Waals surface area contributed by atoms with Crippen molar-refractivity contribution in [2.45, 2.75) is 12.5 Å². The number of nitrogens with two attached hydrogens (primary N) is 1. The van der Waals surface area contributed by atoms with Gasteiger partial charge in [0.2, 0.25) is 0 Å². The third-order valence-electron chi connectivity index (χ3n) is 2.04. The second-order valence-corrected chi connectivity index (χ2v) is 5.38. The second-order valence-electron chi connectivity index (χ2n) is 4.49. The number of nitrogens with one attached hydrogen (secondary N) is 1. The van der Waals surface area contributed by atoms with E-state index >= 15 is 0 Å². The summed E-state index contributed by atoms with van der Waals surface area (Å²) >= 11 is 1.21. The number of aromatic nitrogens is 1. The van der Waals surface area contributed by atoms with Crippen molar-refractivity contribution in [2.75, 3.05) is 32.9 Å². The number of nitrogen functional groups attached to an aromatic ring is 1. The third-order valence-corrected chi connectivity index (χ3v) is 2.72. The van der Waals surface area contributed by atoms with E-state index in [1.807, 2.05) is 19.0 Å². The summed E-state index contributed by atoms with van der Waals surface area (Å²) in [6.45, 7) is 2.30. The summed E-state index contributed by atoms with van der Waals surface area (Å²) in [5.41, 5.74) is 4.75. The van der Waals surface area contributed by atoms with Crippen LogP contribution in [0.25, 0.3) is 0 Å². The van der Waals surface area contributed by atoms with E-state index in [2.05, 4.69) is 10.3 Å². The summed E-state index contributed by atoms with van der Waals surface area (Å²) in [5, 5.41) is 14.6. The van der Waals surface area contributed by atoms with Gasteiger partial charge >= 0.3 is 0 Å². The van der Waals surface area contributed by atoms with Gasteiger partial charge in [0.1, 0.15) is 5.69 Å². The SMILES string of the molecule is CN(C)CC(C)(O)CNC(=O)c1csc(N)n1. The van der Waals surface area contributed by atoms with Crippen LogP contribution in [0.15, 0.2) is 5.38 Å². The number of amides is 1. The Kier molecular flexibility index (Phi) is 4.44. The Bertz CT molecular complexity index is 389. The predicted octanol–water partition coefficient (Wildman–Crippen LogP) is -0.232. The van der Waals surface area contributed by atoms with Gasteiger partial charge in [-0.05, 0) is 21.0 Å². The zero-order valence-electron chi connectivity index (χ0n) is 10.2. The minimum atomic E-state index is -0.972. The maximum atomic E-state index is 11.6. The summed E-state index contributed by atoms with van der Waals surface area (Å²) in [5.74, 6) is -0.322. The van der Waals surface area contributed by atoms with Gasteiger partial charge in [-0.25, -0.2) is 4.98 Å². The minimum absolute atomic E-state index is 0.168. The average molecular weight is 258 g/mol. The van der Waals surface area contributed by atoms with E-state index in [1.54, 1.807) is 12.3 Å². The first-order valence-electron chi connectivity index (χ1n) is 5.16. The molecule has 4 N–H and O–H groups in total. The summed E-state index contributed by atoms with van der Waals surface area (Å²) in [4.78, 5) is 17.4. The van der Waals surface area contributed by atoms with Crippen LogP contribution in [0.5, 0.6) is 0 Å². The zero-order valence-corrected chi connectivity index (χ0v) is 11.0. The lowest BCUT2D eigenvalue weighted by Gasteiger charge is -2.26. The molecular formula is C10H18N4O2S. The molecule has 0 aliphatic heterocycles. The number of hydrogen-bond acceptors (Lipinski definition) is 6. The molecule has 0 aliphatic carbocycles. The molecule has 0 aromatic carbocycles. The van der Waals surface area contributed by atoms with Gasteiger partial charge in [-0.1, -0.05) is 0 Å². The van der Waals surface area contributed by atoms with Crippen LogP contribution in [0.3, 0.4) is 0 Å². The highest BCUT2D eigenvalue weighted by Gasteiger charge is 2.22. The molecule has 0 radical (unpaired) electrons. The van der Waals surface area contributed by atoms with Gasteiger partial charge in [0.15, 0.2) is 5.13 Å². The summed E-state index contributed by atoms with van der Waals surface area (Å²) in [6, 6.07) is 0. The molecule has 6 nitrogen and oxygen atoms in total. The van der Waals surface area contributed by atoms with E-state index in [0.717, 1.165) is 0 Å². The van der Waals surface area contributed by atoms with Crippen molar-refractivity contribution in [3.05, 3.63) is 11.1 Å². The molecule has 0 bridgehead atoms. The molecule has 1 atom stereocenters. The fourth-order valence-corrected chi connectivity index (χ4v) is 2.03. The van der Waals surface area contributed by atoms with Crippen LogP contribution in [-0.2, 0) is 0 Å². The monoisotopic (exact) mass is 258 g/mol. The fourth-order valence-electron chi connectivity index (χ4n) is 1.49. The first-order valence-corrected chi connectivity index (χ1v) is 6.04. The first kappa shape index (κ1) is 13.9. The maximum Gasteiger partial charge on any atom is 0.270 e. The summed E-state index contributed by atoms with van der Waals surface area (Å²) < 4.78 is 0. The molecule has 17 heavy (non-hydrogen) atoms. The van der Waals surface area contributed by atoms with Crippen LogP contribution in [0, 0.1) is 0 Å². The van der Waals surface area contributed by atoms with Crippen LogP contribution >= 0.6 is 11.3 Å². The lowest BCUT2D eigenvalue weighted by molar-refractivity contribution is 0.0325. The molecule has 0 fully saturated rings. The van der Waals surface area contributed by atoms with Crippen molar-refractivity contribution >= 4 is 22.4 Å². The van der Waals surface area contributed by atoms with E-state index in [0.29, 0.717) is 11.7 Å². The number of thiazole rings is 1. The molecule has 1 aromatic heterocycles. The first-order chi connectivity index (χ1) is 7.80. The molecule has 1 unspecified atom stereocenters. The predicted molar refractivity (Wildman–Crippen MR) is 68.0 cm³/mol. The molecule has 0 saturated carbocycles. The topological polar surface area (TPSA) is 91.5 Å². The van der Waals surface area contributed by atoms with Crippen molar-refractivity contribution in [3.63, 3.8) is 0 Å². The fraction of sp³-hybridized carbons (Fsp3) is 0.600. The van der Waals surface area contributed by atoms with Crippen molar-refractivity contribution in [1.29, 1.82) is 0 Å². The van der Waals surface area contributed by atoms with Crippen LogP contribution in [0.1, 0.15) is 17.4 Å². The summed E-state index contributed by atoms with van der Waals surface area (Å²) in [6.07, 6.45) is 0. The Morgan fingerprint density at radius 1 is 1.71 bits per heavy atom. The van der Waals surface area contributed by atoms with Gasteiger partial charge in [-0.2, -0.15) is 0 Å². The number of carbonyl (C=O) groups excluding carboxylic acids is 1. The molecule has 0 spiro atoms. The van der Waals surface area contributed by atoms with Gasteiger partial charge in [-0.3, -0.25) is 4.79 Å². The Morgan fingerprint density at radius 2 is 2.35 bits per heavy atom. The van der Waals surface area contributed by atoms with Crippen LogP contribution < -0.4 is 11.1 Å². The molecule has 0 saturated heterocycles. The standard InChI is InChI=1S/C10H18N4O2S/c1-10(16,6-14(2)3)5-12-8(15)7-4-17-9(11)13-7/h4,16H,5-6H2,1-3H3,(H2,11,13)(H,12,15). The Morgan fingerprint density at radius 3 is 2.82 bits per heavy atom. The Hall–Kier alpha value is -1.18. The maximum absolute atomic E-state index is 11.6. The smallest absolute Gasteiger partial charge is 0.270 e. The van der Waals surface area contributed by atoms with Crippen molar-refractivity contribution in [2.24, 2.45) is 0 Å². The quantitative estimate of drug-likeness (QED) is 0.678. The van der Waals surface area contributed by atoms with Gasteiger partial charge in [-0.15, -0.1) is 11.3 Å². The molecule has 0 aliphatic rings. The van der Waals surface area contributed by atoms with E-state index in [9.17, 15) is 9.90 Å². The highest BCUT2D eigenvalue weighted by Crippen LogP contribution is 2.11. The number of nitrogens with zero attached hydrogens (tertiary/aromatic N) is 2. The van der Waals surface area contributed by atoms with E-state index in [-0.39, 0.29) is 18.1 Å². The van der Waals surface area contributed by atoms with Gasteiger partial charge in [0.25, 0.3) is 5.91 Å². The van der Waals surface area contributed by atoms with Crippen LogP contribution in [0.2, 0.25) is 0 Å². The third kappa shape index (κ3) is 4.68. The van der Waals surface area contributed by atoms with Crippen molar-refractivity contribution in [1.82, 2.24) is 15.2 Å². The van der Waals surface area contributed by atoms with E-state index in [4.69, 9.17) is 5.73 Å². The Balaban J connectivity index is 2.48. The lowest BCUT2D eigenvalue weighted by atomic mass is 10.1. The van der Waals surface area contributed by atoms with E-state index < -0.39 is 5.60 Å². The molecule has 7 heteroatoms. The van der Waals surface area contributed by atoms with E-state index in [1.165, 1.54) is 11.3 Å². The highest BCUT2D eigenvalue weighted by atomic mass is 32.1. The minimum Gasteiger partial charge on any atom is -0.387 e. The average Bonchev–Trinajstić information content (AvgIpc) is 2.59.